The summed E-state index contributed by atoms with van der Waals surface area (Å²) in [5, 5.41) is 9.94. The predicted molar refractivity (Wildman–Crippen MR) is 60.9 cm³/mol. The lowest BCUT2D eigenvalue weighted by molar-refractivity contribution is 0.426. The molecule has 0 aliphatic heterocycles. The van der Waals surface area contributed by atoms with Gasteiger partial charge in [-0.05, 0) is 42.9 Å². The highest BCUT2D eigenvalue weighted by Crippen LogP contribution is 2.36. The average Bonchev–Trinajstić information content (AvgIpc) is 2.01. The van der Waals surface area contributed by atoms with Crippen LogP contribution in [0, 0.1) is 13.8 Å². The second kappa shape index (κ2) is 3.64. The van der Waals surface area contributed by atoms with Crippen LogP contribution in [0.1, 0.15) is 43.9 Å². The van der Waals surface area contributed by atoms with Gasteiger partial charge in [-0.15, -0.1) is 0 Å². The minimum absolute atomic E-state index is 0.0574. The van der Waals surface area contributed by atoms with Crippen LogP contribution in [0.25, 0.3) is 0 Å². The van der Waals surface area contributed by atoms with Gasteiger partial charge in [0.1, 0.15) is 5.75 Å². The Hall–Kier alpha value is -0.980. The van der Waals surface area contributed by atoms with Crippen LogP contribution in [0.5, 0.6) is 5.75 Å². The summed E-state index contributed by atoms with van der Waals surface area (Å²) in [6.07, 6.45) is 1.03. The number of hydrogen-bond acceptors (Lipinski definition) is 1. The first-order valence-electron chi connectivity index (χ1n) is 5.19. The summed E-state index contributed by atoms with van der Waals surface area (Å²) in [6.45, 7) is 10.6. The molecule has 0 saturated carbocycles. The third-order valence-electron chi connectivity index (χ3n) is 3.02. The molecule has 0 aromatic heterocycles. The maximum atomic E-state index is 9.94. The summed E-state index contributed by atoms with van der Waals surface area (Å²) in [6, 6.07) is 3.98. The van der Waals surface area contributed by atoms with E-state index in [-0.39, 0.29) is 5.41 Å². The highest BCUT2D eigenvalue weighted by Gasteiger charge is 2.23. The molecule has 0 saturated heterocycles. The van der Waals surface area contributed by atoms with Gasteiger partial charge in [0.15, 0.2) is 0 Å². The first-order chi connectivity index (χ1) is 6.38. The van der Waals surface area contributed by atoms with Gasteiger partial charge in [0.2, 0.25) is 0 Å². The van der Waals surface area contributed by atoms with E-state index in [2.05, 4.69) is 33.8 Å². The lowest BCUT2D eigenvalue weighted by Gasteiger charge is -2.26. The van der Waals surface area contributed by atoms with Crippen LogP contribution in [0.15, 0.2) is 12.1 Å². The summed E-state index contributed by atoms with van der Waals surface area (Å²) in [5.74, 6) is 0.439. The van der Waals surface area contributed by atoms with Gasteiger partial charge in [-0.1, -0.05) is 26.8 Å². The molecule has 14 heavy (non-hydrogen) atoms. The minimum Gasteiger partial charge on any atom is -0.508 e. The molecule has 1 N–H and O–H groups in total. The number of benzene rings is 1. The first kappa shape index (κ1) is 11.1. The molecule has 0 amide bonds. The molecule has 0 heterocycles. The number of phenolic OH excluding ortho intramolecular Hbond substituents is 1. The monoisotopic (exact) mass is 192 g/mol. The van der Waals surface area contributed by atoms with Crippen LogP contribution in [0.2, 0.25) is 0 Å². The summed E-state index contributed by atoms with van der Waals surface area (Å²) >= 11 is 0. The third kappa shape index (κ3) is 1.92. The van der Waals surface area contributed by atoms with E-state index in [1.807, 2.05) is 13.0 Å². The molecule has 1 nitrogen and oxygen atoms in total. The molecule has 0 radical (unpaired) electrons. The van der Waals surface area contributed by atoms with E-state index in [9.17, 15) is 5.11 Å². The second-order valence-corrected chi connectivity index (χ2v) is 4.71. The zero-order valence-electron chi connectivity index (χ0n) is 9.81. The van der Waals surface area contributed by atoms with Crippen LogP contribution >= 0.6 is 0 Å². The van der Waals surface area contributed by atoms with Crippen LogP contribution in [0.3, 0.4) is 0 Å². The SMILES string of the molecule is CCC(C)(C)c1c(C)cc(C)cc1O. The number of rotatable bonds is 2. The number of aryl methyl sites for hydroxylation is 2. The van der Waals surface area contributed by atoms with Crippen molar-refractivity contribution in [3.05, 3.63) is 28.8 Å². The van der Waals surface area contributed by atoms with Crippen molar-refractivity contribution in [2.45, 2.75) is 46.5 Å². The number of phenols is 1. The molecule has 0 fully saturated rings. The molecule has 0 aliphatic carbocycles. The lowest BCUT2D eigenvalue weighted by Crippen LogP contribution is -2.17. The van der Waals surface area contributed by atoms with Gasteiger partial charge < -0.3 is 5.11 Å². The van der Waals surface area contributed by atoms with Gasteiger partial charge in [0, 0.05) is 5.56 Å². The molecular weight excluding hydrogens is 172 g/mol. The van der Waals surface area contributed by atoms with Crippen molar-refractivity contribution in [3.63, 3.8) is 0 Å². The summed E-state index contributed by atoms with van der Waals surface area (Å²) in [4.78, 5) is 0. The van der Waals surface area contributed by atoms with Crippen LogP contribution < -0.4 is 0 Å². The lowest BCUT2D eigenvalue weighted by atomic mass is 9.79. The zero-order chi connectivity index (χ0) is 10.9. The van der Waals surface area contributed by atoms with Gasteiger partial charge in [-0.25, -0.2) is 0 Å². The van der Waals surface area contributed by atoms with Crippen molar-refractivity contribution in [1.82, 2.24) is 0 Å². The molecular formula is C13H20O. The first-order valence-corrected chi connectivity index (χ1v) is 5.19. The minimum atomic E-state index is 0.0574. The van der Waals surface area contributed by atoms with E-state index in [0.29, 0.717) is 5.75 Å². The molecule has 0 aliphatic rings. The summed E-state index contributed by atoms with van der Waals surface area (Å²) < 4.78 is 0. The van der Waals surface area contributed by atoms with Crippen molar-refractivity contribution in [3.8, 4) is 5.75 Å². The van der Waals surface area contributed by atoms with Crippen LogP contribution in [0.4, 0.5) is 0 Å². The smallest absolute Gasteiger partial charge is 0.119 e. The Labute approximate surface area is 86.8 Å². The van der Waals surface area contributed by atoms with E-state index < -0.39 is 0 Å². The van der Waals surface area contributed by atoms with Gasteiger partial charge in [-0.3, -0.25) is 0 Å². The largest absolute Gasteiger partial charge is 0.508 e. The molecule has 0 atom stereocenters. The van der Waals surface area contributed by atoms with Crippen molar-refractivity contribution in [1.29, 1.82) is 0 Å². The Kier molecular flexibility index (Phi) is 2.89. The van der Waals surface area contributed by atoms with Gasteiger partial charge in [0.05, 0.1) is 0 Å². The Morgan fingerprint density at radius 2 is 1.79 bits per heavy atom. The van der Waals surface area contributed by atoms with Gasteiger partial charge >= 0.3 is 0 Å². The van der Waals surface area contributed by atoms with E-state index in [0.717, 1.165) is 17.5 Å². The molecule has 78 valence electrons. The van der Waals surface area contributed by atoms with Crippen LogP contribution in [-0.2, 0) is 5.41 Å². The maximum absolute atomic E-state index is 9.94. The number of hydrogen-bond donors (Lipinski definition) is 1. The highest BCUT2D eigenvalue weighted by molar-refractivity contribution is 5.46. The van der Waals surface area contributed by atoms with Crippen molar-refractivity contribution in [2.24, 2.45) is 0 Å². The second-order valence-electron chi connectivity index (χ2n) is 4.71. The molecule has 1 aromatic carbocycles. The van der Waals surface area contributed by atoms with Crippen LogP contribution in [-0.4, -0.2) is 5.11 Å². The topological polar surface area (TPSA) is 20.2 Å². The summed E-state index contributed by atoms with van der Waals surface area (Å²) in [7, 11) is 0. The van der Waals surface area contributed by atoms with E-state index in [4.69, 9.17) is 0 Å². The highest BCUT2D eigenvalue weighted by atomic mass is 16.3. The van der Waals surface area contributed by atoms with Crippen molar-refractivity contribution in [2.75, 3.05) is 0 Å². The third-order valence-corrected chi connectivity index (χ3v) is 3.02. The Morgan fingerprint density at radius 3 is 2.21 bits per heavy atom. The fraction of sp³-hybridized carbons (Fsp3) is 0.538. The summed E-state index contributed by atoms with van der Waals surface area (Å²) in [5.41, 5.74) is 3.46. The predicted octanol–water partition coefficient (Wildman–Crippen LogP) is 3.70. The Balaban J connectivity index is 3.35. The quantitative estimate of drug-likeness (QED) is 0.757. The normalized spacial score (nSPS) is 11.8. The van der Waals surface area contributed by atoms with Gasteiger partial charge in [0.25, 0.3) is 0 Å². The molecule has 0 spiro atoms. The molecule has 1 heteroatoms. The molecule has 0 bridgehead atoms. The van der Waals surface area contributed by atoms with Crippen molar-refractivity contribution >= 4 is 0 Å². The molecule has 1 rings (SSSR count). The van der Waals surface area contributed by atoms with E-state index in [1.165, 1.54) is 5.56 Å². The Bertz CT molecular complexity index is 314. The van der Waals surface area contributed by atoms with Gasteiger partial charge in [-0.2, -0.15) is 0 Å². The van der Waals surface area contributed by atoms with Crippen molar-refractivity contribution < 1.29 is 5.11 Å². The molecule has 1 aromatic rings. The average molecular weight is 192 g/mol. The fourth-order valence-electron chi connectivity index (χ4n) is 2.00. The zero-order valence-corrected chi connectivity index (χ0v) is 9.81. The standard InChI is InChI=1S/C13H20O/c1-6-13(4,5)12-10(3)7-9(2)8-11(12)14/h7-8,14H,6H2,1-5H3. The Morgan fingerprint density at radius 1 is 1.21 bits per heavy atom. The fourth-order valence-corrected chi connectivity index (χ4v) is 2.00. The van der Waals surface area contributed by atoms with E-state index in [1.54, 1.807) is 0 Å². The number of aromatic hydroxyl groups is 1. The maximum Gasteiger partial charge on any atom is 0.119 e. The molecule has 0 unspecified atom stereocenters. The van der Waals surface area contributed by atoms with E-state index >= 15 is 0 Å².